The summed E-state index contributed by atoms with van der Waals surface area (Å²) in [4.78, 5) is 25.6. The number of fused-ring (bicyclic) bond motifs is 7. The van der Waals surface area contributed by atoms with Crippen molar-refractivity contribution in [3.05, 3.63) is 12.2 Å². The molecular weight excluding hydrogens is 598 g/mol. The lowest BCUT2D eigenvalue weighted by Crippen LogP contribution is -2.67. The van der Waals surface area contributed by atoms with E-state index in [1.165, 1.54) is 58.5 Å². The number of amides is 1. The van der Waals surface area contributed by atoms with Crippen molar-refractivity contribution >= 4 is 11.9 Å². The fourth-order valence-electron chi connectivity index (χ4n) is 13.5. The maximum Gasteiger partial charge on any atom is 0.305 e. The van der Waals surface area contributed by atoms with Gasteiger partial charge in [0.05, 0.1) is 25.2 Å². The van der Waals surface area contributed by atoms with Crippen LogP contribution < -0.4 is 5.32 Å². The molecule has 5 aliphatic carbocycles. The van der Waals surface area contributed by atoms with E-state index in [1.807, 2.05) is 0 Å². The molecule has 5 saturated carbocycles. The minimum absolute atomic E-state index is 0.0185. The smallest absolute Gasteiger partial charge is 0.305 e. The van der Waals surface area contributed by atoms with Gasteiger partial charge in [0.15, 0.2) is 0 Å². The minimum Gasteiger partial charge on any atom is -0.469 e. The van der Waals surface area contributed by atoms with Crippen molar-refractivity contribution in [2.24, 2.45) is 56.7 Å². The lowest BCUT2D eigenvalue weighted by atomic mass is 9.32. The Labute approximate surface area is 293 Å². The number of hydrogen-bond donors (Lipinski definition) is 3. The number of aliphatic hydroxyl groups excluding tert-OH is 2. The molecule has 6 nitrogen and oxygen atoms in total. The molecule has 0 aromatic rings. The van der Waals surface area contributed by atoms with Gasteiger partial charge in [-0.1, -0.05) is 79.7 Å². The summed E-state index contributed by atoms with van der Waals surface area (Å²) in [6.45, 7) is 17.6. The van der Waals surface area contributed by atoms with Gasteiger partial charge in [-0.2, -0.15) is 0 Å². The molecule has 0 saturated heterocycles. The first kappa shape index (κ1) is 37.8. The first-order chi connectivity index (χ1) is 22.7. The summed E-state index contributed by atoms with van der Waals surface area (Å²) < 4.78 is 4.72. The van der Waals surface area contributed by atoms with Gasteiger partial charge in [-0.3, -0.25) is 9.59 Å². The number of hydrogen-bond acceptors (Lipinski definition) is 5. The highest BCUT2D eigenvalue weighted by atomic mass is 16.5. The lowest BCUT2D eigenvalue weighted by molar-refractivity contribution is -0.246. The Morgan fingerprint density at radius 1 is 0.771 bits per heavy atom. The molecule has 0 aromatic carbocycles. The molecule has 0 bridgehead atoms. The molecule has 274 valence electrons. The first-order valence-corrected chi connectivity index (χ1v) is 20.0. The zero-order valence-electron chi connectivity index (χ0n) is 31.6. The summed E-state index contributed by atoms with van der Waals surface area (Å²) in [6, 6.07) is 0. The Bertz CT molecular complexity index is 1170. The molecule has 5 fully saturated rings. The van der Waals surface area contributed by atoms with Gasteiger partial charge in [-0.15, -0.1) is 0 Å². The van der Waals surface area contributed by atoms with Crippen molar-refractivity contribution < 1.29 is 24.5 Å². The topological polar surface area (TPSA) is 95.9 Å². The van der Waals surface area contributed by atoms with Gasteiger partial charge in [-0.25, -0.2) is 0 Å². The van der Waals surface area contributed by atoms with Gasteiger partial charge in [0.2, 0.25) is 5.91 Å². The van der Waals surface area contributed by atoms with Crippen LogP contribution in [0.4, 0.5) is 0 Å². The van der Waals surface area contributed by atoms with E-state index < -0.39 is 0 Å². The van der Waals surface area contributed by atoms with Crippen LogP contribution in [0.5, 0.6) is 0 Å². The number of carbonyl (C=O) groups excluding carboxylic acids is 2. The minimum atomic E-state index is -0.349. The van der Waals surface area contributed by atoms with Crippen LogP contribution in [0, 0.1) is 56.7 Å². The average Bonchev–Trinajstić information content (AvgIpc) is 3.46. The van der Waals surface area contributed by atoms with Crippen LogP contribution in [0.2, 0.25) is 0 Å². The second kappa shape index (κ2) is 14.7. The van der Waals surface area contributed by atoms with Gasteiger partial charge in [0, 0.05) is 13.0 Å². The largest absolute Gasteiger partial charge is 0.469 e. The lowest BCUT2D eigenvalue weighted by Gasteiger charge is -2.72. The van der Waals surface area contributed by atoms with E-state index in [9.17, 15) is 19.8 Å². The molecular formula is C42H71NO5. The van der Waals surface area contributed by atoms with Crippen LogP contribution >= 0.6 is 0 Å². The normalized spacial score (nSPS) is 41.3. The first-order valence-electron chi connectivity index (χ1n) is 20.0. The number of esters is 1. The van der Waals surface area contributed by atoms with Crippen LogP contribution in [0.25, 0.3) is 0 Å². The average molecular weight is 670 g/mol. The highest BCUT2D eigenvalue weighted by Crippen LogP contribution is 2.77. The highest BCUT2D eigenvalue weighted by molar-refractivity contribution is 5.84. The summed E-state index contributed by atoms with van der Waals surface area (Å²) in [6.07, 6.45) is 20.0. The fourth-order valence-corrected chi connectivity index (χ4v) is 13.5. The van der Waals surface area contributed by atoms with E-state index in [0.29, 0.717) is 24.2 Å². The summed E-state index contributed by atoms with van der Waals surface area (Å²) in [7, 11) is 1.45. The molecule has 0 aromatic heterocycles. The van der Waals surface area contributed by atoms with Crippen molar-refractivity contribution in [1.29, 1.82) is 0 Å². The van der Waals surface area contributed by atoms with Gasteiger partial charge < -0.3 is 20.3 Å². The predicted octanol–water partition coefficient (Wildman–Crippen LogP) is 8.78. The Morgan fingerprint density at radius 2 is 1.44 bits per heavy atom. The molecule has 1 unspecified atom stereocenters. The summed E-state index contributed by atoms with van der Waals surface area (Å²) in [5.74, 6) is 2.28. The van der Waals surface area contributed by atoms with E-state index in [2.05, 4.69) is 46.5 Å². The molecule has 5 rings (SSSR count). The molecule has 0 aliphatic heterocycles. The third-order valence-corrected chi connectivity index (χ3v) is 16.4. The Balaban J connectivity index is 1.23. The molecule has 10 atom stereocenters. The van der Waals surface area contributed by atoms with Crippen molar-refractivity contribution in [2.75, 3.05) is 20.3 Å². The van der Waals surface area contributed by atoms with Gasteiger partial charge in [0.1, 0.15) is 0 Å². The maximum atomic E-state index is 14.4. The summed E-state index contributed by atoms with van der Waals surface area (Å²) >= 11 is 0. The van der Waals surface area contributed by atoms with Crippen molar-refractivity contribution in [2.45, 2.75) is 163 Å². The quantitative estimate of drug-likeness (QED) is 0.0977. The SMILES string of the molecule is C=C(CO)[C@@H]1CC[C@]2(C(=O)NCCCCCCCCCCC(=O)OC)CC[C@]3(C)[C@H](CCC4[C@@]5(C)CC[C@H](O)C(C)(C)[C@@H]5CC[C@]43C)[C@@H]12. The van der Waals surface area contributed by atoms with Crippen molar-refractivity contribution in [3.8, 4) is 0 Å². The second-order valence-corrected chi connectivity index (χ2v) is 18.6. The van der Waals surface area contributed by atoms with E-state index in [1.54, 1.807) is 0 Å². The summed E-state index contributed by atoms with van der Waals surface area (Å²) in [5.41, 5.74) is 1.14. The molecule has 48 heavy (non-hydrogen) atoms. The van der Waals surface area contributed by atoms with E-state index in [4.69, 9.17) is 4.74 Å². The van der Waals surface area contributed by atoms with Gasteiger partial charge in [0.25, 0.3) is 0 Å². The molecule has 3 N–H and O–H groups in total. The Morgan fingerprint density at radius 3 is 2.10 bits per heavy atom. The van der Waals surface area contributed by atoms with Crippen LogP contribution in [-0.2, 0) is 14.3 Å². The second-order valence-electron chi connectivity index (χ2n) is 18.6. The van der Waals surface area contributed by atoms with Gasteiger partial charge >= 0.3 is 5.97 Å². The predicted molar refractivity (Wildman–Crippen MR) is 193 cm³/mol. The van der Waals surface area contributed by atoms with E-state index in [0.717, 1.165) is 76.3 Å². The number of ether oxygens (including phenoxy) is 1. The third kappa shape index (κ3) is 6.34. The molecule has 6 heteroatoms. The number of methoxy groups -OCH3 is 1. The van der Waals surface area contributed by atoms with Crippen LogP contribution in [-0.4, -0.2) is 48.5 Å². The summed E-state index contributed by atoms with van der Waals surface area (Å²) in [5, 5.41) is 24.9. The number of unbranched alkanes of at least 4 members (excludes halogenated alkanes) is 7. The van der Waals surface area contributed by atoms with Gasteiger partial charge in [-0.05, 0) is 134 Å². The monoisotopic (exact) mass is 670 g/mol. The Hall–Kier alpha value is -1.40. The van der Waals surface area contributed by atoms with E-state index >= 15 is 0 Å². The maximum absolute atomic E-state index is 14.4. The zero-order valence-corrected chi connectivity index (χ0v) is 31.6. The number of carbonyl (C=O) groups is 2. The highest BCUT2D eigenvalue weighted by Gasteiger charge is 2.71. The standard InChI is InChI=1S/C42H71NO5/c1-29(28-44)30-19-24-42(37(47)43-27-15-13-11-9-8-10-12-14-16-35(46)48-7)26-25-40(5)31(36(30)42)17-18-33-39(4)22-21-34(45)38(2,3)32(39)20-23-41(33,40)6/h30-34,36,44-45H,1,8-28H2,2-7H3,(H,43,47)/t30-,31+,32-,33?,34-,36+,39-,40+,41+,42-/m0/s1. The number of aliphatic hydroxyl groups is 2. The van der Waals surface area contributed by atoms with Crippen LogP contribution in [0.3, 0.4) is 0 Å². The Kier molecular flexibility index (Phi) is 11.6. The van der Waals surface area contributed by atoms with Crippen LogP contribution in [0.15, 0.2) is 12.2 Å². The van der Waals surface area contributed by atoms with Crippen molar-refractivity contribution in [3.63, 3.8) is 0 Å². The fraction of sp³-hybridized carbons (Fsp3) is 0.905. The molecule has 1 amide bonds. The molecule has 0 spiro atoms. The third-order valence-electron chi connectivity index (χ3n) is 16.4. The van der Waals surface area contributed by atoms with Crippen LogP contribution in [0.1, 0.15) is 157 Å². The molecule has 5 aliphatic rings. The zero-order chi connectivity index (χ0) is 35.0. The number of nitrogens with one attached hydrogen (secondary N) is 1. The molecule has 0 heterocycles. The number of rotatable bonds is 14. The molecule has 0 radical (unpaired) electrons. The van der Waals surface area contributed by atoms with Crippen molar-refractivity contribution in [1.82, 2.24) is 5.32 Å². The van der Waals surface area contributed by atoms with E-state index in [-0.39, 0.29) is 63.5 Å².